The number of nitrogens with one attached hydrogen (secondary N) is 1. The van der Waals surface area contributed by atoms with E-state index in [-0.39, 0.29) is 11.8 Å². The predicted molar refractivity (Wildman–Crippen MR) is 71.9 cm³/mol. The van der Waals surface area contributed by atoms with Crippen molar-refractivity contribution in [1.29, 1.82) is 0 Å². The first kappa shape index (κ1) is 14.5. The van der Waals surface area contributed by atoms with Gasteiger partial charge in [-0.1, -0.05) is 20.8 Å². The van der Waals surface area contributed by atoms with Crippen LogP contribution in [0.2, 0.25) is 0 Å². The van der Waals surface area contributed by atoms with Gasteiger partial charge in [-0.05, 0) is 51.2 Å². The van der Waals surface area contributed by atoms with Crippen molar-refractivity contribution in [3.63, 3.8) is 0 Å². The summed E-state index contributed by atoms with van der Waals surface area (Å²) in [5.74, 6) is 1.20. The zero-order chi connectivity index (χ0) is 12.7. The van der Waals surface area contributed by atoms with Crippen molar-refractivity contribution in [2.75, 3.05) is 26.2 Å². The van der Waals surface area contributed by atoms with E-state index in [1.54, 1.807) is 0 Å². The average molecular weight is 240 g/mol. The Balaban J connectivity index is 1.96. The van der Waals surface area contributed by atoms with Crippen LogP contribution >= 0.6 is 0 Å². The molecule has 17 heavy (non-hydrogen) atoms. The molecule has 0 aromatic carbocycles. The standard InChI is InChI=1S/C14H28N2O/c1-12(2)14(17)15-8-4-5-9-16-10-6-13(3)7-11-16/h12-13H,4-11H2,1-3H3,(H,15,17). The van der Waals surface area contributed by atoms with Crippen molar-refractivity contribution in [3.8, 4) is 0 Å². The molecule has 0 bridgehead atoms. The number of unbranched alkanes of at least 4 members (excludes halogenated alkanes) is 1. The maximum absolute atomic E-state index is 11.3. The quantitative estimate of drug-likeness (QED) is 0.722. The number of piperidine rings is 1. The summed E-state index contributed by atoms with van der Waals surface area (Å²) in [5.41, 5.74) is 0. The number of carbonyl (C=O) groups excluding carboxylic acids is 1. The third kappa shape index (κ3) is 6.06. The van der Waals surface area contributed by atoms with Gasteiger partial charge in [0.05, 0.1) is 0 Å². The van der Waals surface area contributed by atoms with Crippen LogP contribution in [-0.2, 0) is 4.79 Å². The van der Waals surface area contributed by atoms with E-state index in [4.69, 9.17) is 0 Å². The molecule has 3 nitrogen and oxygen atoms in total. The molecule has 1 N–H and O–H groups in total. The molecule has 0 aromatic heterocycles. The summed E-state index contributed by atoms with van der Waals surface area (Å²) >= 11 is 0. The van der Waals surface area contributed by atoms with Gasteiger partial charge in [-0.3, -0.25) is 4.79 Å². The molecule has 1 aliphatic rings. The largest absolute Gasteiger partial charge is 0.356 e. The summed E-state index contributed by atoms with van der Waals surface area (Å²) in [7, 11) is 0. The third-order valence-corrected chi connectivity index (χ3v) is 3.60. The molecule has 0 aromatic rings. The fraction of sp³-hybridized carbons (Fsp3) is 0.929. The number of carbonyl (C=O) groups is 1. The van der Waals surface area contributed by atoms with E-state index >= 15 is 0 Å². The highest BCUT2D eigenvalue weighted by molar-refractivity contribution is 5.77. The normalized spacial score (nSPS) is 18.6. The molecule has 1 heterocycles. The van der Waals surface area contributed by atoms with Gasteiger partial charge in [-0.25, -0.2) is 0 Å². The van der Waals surface area contributed by atoms with Crippen molar-refractivity contribution in [2.45, 2.75) is 46.5 Å². The highest BCUT2D eigenvalue weighted by Gasteiger charge is 2.14. The SMILES string of the molecule is CC1CCN(CCCCNC(=O)C(C)C)CC1. The fourth-order valence-corrected chi connectivity index (χ4v) is 2.16. The van der Waals surface area contributed by atoms with Gasteiger partial charge in [0.2, 0.25) is 5.91 Å². The maximum atomic E-state index is 11.3. The van der Waals surface area contributed by atoms with E-state index in [0.29, 0.717) is 0 Å². The van der Waals surface area contributed by atoms with Gasteiger partial charge in [0.1, 0.15) is 0 Å². The van der Waals surface area contributed by atoms with E-state index in [1.165, 1.54) is 38.9 Å². The number of nitrogens with zero attached hydrogens (tertiary/aromatic N) is 1. The van der Waals surface area contributed by atoms with E-state index in [2.05, 4.69) is 17.1 Å². The van der Waals surface area contributed by atoms with Gasteiger partial charge in [-0.15, -0.1) is 0 Å². The Labute approximate surface area is 106 Å². The number of likely N-dealkylation sites (tertiary alicyclic amines) is 1. The highest BCUT2D eigenvalue weighted by atomic mass is 16.1. The monoisotopic (exact) mass is 240 g/mol. The first-order valence-electron chi connectivity index (χ1n) is 7.09. The van der Waals surface area contributed by atoms with Gasteiger partial charge in [0.25, 0.3) is 0 Å². The number of hydrogen-bond donors (Lipinski definition) is 1. The molecule has 0 spiro atoms. The summed E-state index contributed by atoms with van der Waals surface area (Å²) in [4.78, 5) is 13.9. The topological polar surface area (TPSA) is 32.3 Å². The molecule has 1 aliphatic heterocycles. The molecule has 1 rings (SSSR count). The van der Waals surface area contributed by atoms with E-state index in [9.17, 15) is 4.79 Å². The Bertz CT molecular complexity index is 220. The zero-order valence-electron chi connectivity index (χ0n) is 11.7. The smallest absolute Gasteiger partial charge is 0.222 e. The van der Waals surface area contributed by atoms with Crippen molar-refractivity contribution in [1.82, 2.24) is 10.2 Å². The van der Waals surface area contributed by atoms with Crippen LogP contribution in [0.25, 0.3) is 0 Å². The Kier molecular flexibility index (Phi) is 6.56. The Morgan fingerprint density at radius 2 is 1.94 bits per heavy atom. The molecule has 0 unspecified atom stereocenters. The number of amides is 1. The lowest BCUT2D eigenvalue weighted by molar-refractivity contribution is -0.123. The lowest BCUT2D eigenvalue weighted by Crippen LogP contribution is -2.34. The summed E-state index contributed by atoms with van der Waals surface area (Å²) in [6, 6.07) is 0. The van der Waals surface area contributed by atoms with Crippen LogP contribution in [0.15, 0.2) is 0 Å². The van der Waals surface area contributed by atoms with Crippen molar-refractivity contribution < 1.29 is 4.79 Å². The number of hydrogen-bond acceptors (Lipinski definition) is 2. The van der Waals surface area contributed by atoms with Crippen LogP contribution < -0.4 is 5.32 Å². The Morgan fingerprint density at radius 3 is 2.53 bits per heavy atom. The van der Waals surface area contributed by atoms with Crippen molar-refractivity contribution in [3.05, 3.63) is 0 Å². The van der Waals surface area contributed by atoms with Crippen molar-refractivity contribution >= 4 is 5.91 Å². The Hall–Kier alpha value is -0.570. The second-order valence-corrected chi connectivity index (χ2v) is 5.68. The molecule has 1 fully saturated rings. The van der Waals surface area contributed by atoms with Crippen molar-refractivity contribution in [2.24, 2.45) is 11.8 Å². The minimum atomic E-state index is 0.110. The maximum Gasteiger partial charge on any atom is 0.222 e. The molecule has 0 aliphatic carbocycles. The molecule has 0 radical (unpaired) electrons. The van der Waals surface area contributed by atoms with Gasteiger partial charge < -0.3 is 10.2 Å². The van der Waals surface area contributed by atoms with E-state index < -0.39 is 0 Å². The van der Waals surface area contributed by atoms with Crippen LogP contribution in [0.5, 0.6) is 0 Å². The first-order valence-corrected chi connectivity index (χ1v) is 7.09. The minimum Gasteiger partial charge on any atom is -0.356 e. The zero-order valence-corrected chi connectivity index (χ0v) is 11.7. The minimum absolute atomic E-state index is 0.110. The third-order valence-electron chi connectivity index (χ3n) is 3.60. The van der Waals surface area contributed by atoms with Crippen LogP contribution in [0.4, 0.5) is 0 Å². The average Bonchev–Trinajstić information content (AvgIpc) is 2.30. The molecular weight excluding hydrogens is 212 g/mol. The molecule has 3 heteroatoms. The second kappa shape index (κ2) is 7.70. The summed E-state index contributed by atoms with van der Waals surface area (Å²) in [6.45, 7) is 10.8. The lowest BCUT2D eigenvalue weighted by Gasteiger charge is -2.30. The lowest BCUT2D eigenvalue weighted by atomic mass is 9.99. The van der Waals surface area contributed by atoms with Crippen LogP contribution in [0.3, 0.4) is 0 Å². The first-order chi connectivity index (χ1) is 8.09. The summed E-state index contributed by atoms with van der Waals surface area (Å²) < 4.78 is 0. The van der Waals surface area contributed by atoms with Gasteiger partial charge in [-0.2, -0.15) is 0 Å². The summed E-state index contributed by atoms with van der Waals surface area (Å²) in [6.07, 6.45) is 5.01. The number of rotatable bonds is 6. The van der Waals surface area contributed by atoms with E-state index in [0.717, 1.165) is 18.9 Å². The summed E-state index contributed by atoms with van der Waals surface area (Å²) in [5, 5.41) is 2.97. The van der Waals surface area contributed by atoms with Gasteiger partial charge in [0, 0.05) is 12.5 Å². The van der Waals surface area contributed by atoms with Crippen LogP contribution in [0.1, 0.15) is 46.5 Å². The highest BCUT2D eigenvalue weighted by Crippen LogP contribution is 2.15. The fourth-order valence-electron chi connectivity index (χ4n) is 2.16. The predicted octanol–water partition coefficient (Wildman–Crippen LogP) is 2.27. The van der Waals surface area contributed by atoms with E-state index in [1.807, 2.05) is 13.8 Å². The van der Waals surface area contributed by atoms with Crippen LogP contribution in [0, 0.1) is 11.8 Å². The molecule has 0 atom stereocenters. The Morgan fingerprint density at radius 1 is 1.29 bits per heavy atom. The molecule has 0 saturated carbocycles. The van der Waals surface area contributed by atoms with Crippen LogP contribution in [-0.4, -0.2) is 37.0 Å². The van der Waals surface area contributed by atoms with Gasteiger partial charge in [0.15, 0.2) is 0 Å². The molecule has 100 valence electrons. The second-order valence-electron chi connectivity index (χ2n) is 5.68. The molecular formula is C14H28N2O. The molecule has 1 saturated heterocycles. The molecule has 1 amide bonds. The van der Waals surface area contributed by atoms with Gasteiger partial charge >= 0.3 is 0 Å².